The lowest BCUT2D eigenvalue weighted by molar-refractivity contribution is 0.617. The van der Waals surface area contributed by atoms with Crippen LogP contribution in [0.1, 0.15) is 4.88 Å². The van der Waals surface area contributed by atoms with Gasteiger partial charge in [-0.1, -0.05) is 6.07 Å². The van der Waals surface area contributed by atoms with Crippen molar-refractivity contribution in [2.45, 2.75) is 13.0 Å². The minimum Gasteiger partial charge on any atom is -0.253 e. The van der Waals surface area contributed by atoms with Crippen LogP contribution in [0.25, 0.3) is 0 Å². The number of rotatable bonds is 3. The van der Waals surface area contributed by atoms with Crippen molar-refractivity contribution >= 4 is 11.3 Å². The molecule has 0 saturated heterocycles. The van der Waals surface area contributed by atoms with E-state index in [0.29, 0.717) is 0 Å². The topological polar surface area (TPSA) is 30.7 Å². The number of aryl methyl sites for hydroxylation is 2. The molecule has 2 aromatic heterocycles. The Morgan fingerprint density at radius 1 is 1.50 bits per heavy atom. The van der Waals surface area contributed by atoms with Crippen molar-refractivity contribution in [1.82, 2.24) is 14.8 Å². The summed E-state index contributed by atoms with van der Waals surface area (Å²) in [6.07, 6.45) is 4.35. The van der Waals surface area contributed by atoms with Gasteiger partial charge in [-0.2, -0.15) is 5.10 Å². The summed E-state index contributed by atoms with van der Waals surface area (Å²) in [7, 11) is 0. The van der Waals surface area contributed by atoms with Crippen LogP contribution in [0.15, 0.2) is 30.2 Å². The molecule has 0 aliphatic heterocycles. The summed E-state index contributed by atoms with van der Waals surface area (Å²) >= 11 is 1.78. The molecule has 0 spiro atoms. The summed E-state index contributed by atoms with van der Waals surface area (Å²) in [4.78, 5) is 5.27. The van der Waals surface area contributed by atoms with Gasteiger partial charge in [-0.15, -0.1) is 11.3 Å². The average Bonchev–Trinajstić information content (AvgIpc) is 2.74. The molecule has 4 heteroatoms. The maximum absolute atomic E-state index is 4.03. The maximum atomic E-state index is 4.03. The van der Waals surface area contributed by atoms with Gasteiger partial charge >= 0.3 is 0 Å². The first-order valence-corrected chi connectivity index (χ1v) is 4.68. The van der Waals surface area contributed by atoms with Gasteiger partial charge in [0.25, 0.3) is 0 Å². The molecular formula is C8H9N3S. The summed E-state index contributed by atoms with van der Waals surface area (Å²) in [5.41, 5.74) is 0. The van der Waals surface area contributed by atoms with Crippen LogP contribution in [0.4, 0.5) is 0 Å². The number of aromatic nitrogens is 3. The fraction of sp³-hybridized carbons (Fsp3) is 0.250. The Bertz CT molecular complexity index is 278. The second-order valence-electron chi connectivity index (χ2n) is 2.49. The Balaban J connectivity index is 1.91. The molecule has 0 saturated carbocycles. The first kappa shape index (κ1) is 7.49. The molecule has 3 nitrogen and oxygen atoms in total. The first-order valence-electron chi connectivity index (χ1n) is 3.80. The van der Waals surface area contributed by atoms with Gasteiger partial charge in [-0.05, 0) is 11.4 Å². The van der Waals surface area contributed by atoms with E-state index in [2.05, 4.69) is 27.6 Å². The zero-order valence-corrected chi connectivity index (χ0v) is 7.37. The third-order valence-corrected chi connectivity index (χ3v) is 2.57. The highest BCUT2D eigenvalue weighted by Crippen LogP contribution is 2.09. The molecule has 2 heterocycles. The number of nitrogens with zero attached hydrogens (tertiary/aromatic N) is 3. The van der Waals surface area contributed by atoms with Crippen molar-refractivity contribution in [3.8, 4) is 0 Å². The van der Waals surface area contributed by atoms with Crippen LogP contribution in [0, 0.1) is 0 Å². The lowest BCUT2D eigenvalue weighted by Gasteiger charge is -1.96. The van der Waals surface area contributed by atoms with Crippen molar-refractivity contribution in [2.24, 2.45) is 0 Å². The molecule has 12 heavy (non-hydrogen) atoms. The Hall–Kier alpha value is -1.16. The normalized spacial score (nSPS) is 10.3. The third kappa shape index (κ3) is 1.71. The quantitative estimate of drug-likeness (QED) is 0.716. The number of hydrogen-bond acceptors (Lipinski definition) is 3. The zero-order valence-electron chi connectivity index (χ0n) is 6.55. The molecule has 0 amide bonds. The fourth-order valence-electron chi connectivity index (χ4n) is 1.03. The summed E-state index contributed by atoms with van der Waals surface area (Å²) in [5.74, 6) is 0. The van der Waals surface area contributed by atoms with Crippen LogP contribution in [0.5, 0.6) is 0 Å². The number of hydrogen-bond donors (Lipinski definition) is 0. The lowest BCUT2D eigenvalue weighted by atomic mass is 10.3. The van der Waals surface area contributed by atoms with Crippen molar-refractivity contribution in [2.75, 3.05) is 0 Å². The van der Waals surface area contributed by atoms with E-state index in [1.807, 2.05) is 4.68 Å². The van der Waals surface area contributed by atoms with Crippen LogP contribution >= 0.6 is 11.3 Å². The Kier molecular flexibility index (Phi) is 2.18. The predicted molar refractivity (Wildman–Crippen MR) is 48.0 cm³/mol. The molecule has 0 unspecified atom stereocenters. The minimum absolute atomic E-state index is 0.917. The van der Waals surface area contributed by atoms with Gasteiger partial charge in [0.15, 0.2) is 0 Å². The zero-order chi connectivity index (χ0) is 8.23. The fourth-order valence-corrected chi connectivity index (χ4v) is 1.73. The van der Waals surface area contributed by atoms with E-state index in [-0.39, 0.29) is 0 Å². The van der Waals surface area contributed by atoms with E-state index in [9.17, 15) is 0 Å². The molecule has 0 aliphatic rings. The van der Waals surface area contributed by atoms with E-state index in [0.717, 1.165) is 13.0 Å². The predicted octanol–water partition coefficient (Wildman–Crippen LogP) is 1.58. The maximum Gasteiger partial charge on any atom is 0.137 e. The van der Waals surface area contributed by atoms with Crippen LogP contribution in [0.3, 0.4) is 0 Å². The monoisotopic (exact) mass is 179 g/mol. The van der Waals surface area contributed by atoms with Gasteiger partial charge in [-0.3, -0.25) is 4.68 Å². The highest BCUT2D eigenvalue weighted by Gasteiger charge is 1.94. The summed E-state index contributed by atoms with van der Waals surface area (Å²) in [5, 5.41) is 6.12. The van der Waals surface area contributed by atoms with E-state index in [1.54, 1.807) is 24.0 Å². The SMILES string of the molecule is c1csc(CCn2cncn2)c1. The second kappa shape index (κ2) is 3.49. The Morgan fingerprint density at radius 2 is 2.50 bits per heavy atom. The van der Waals surface area contributed by atoms with Gasteiger partial charge in [-0.25, -0.2) is 4.98 Å². The van der Waals surface area contributed by atoms with Gasteiger partial charge in [0.05, 0.1) is 0 Å². The minimum atomic E-state index is 0.917. The molecular weight excluding hydrogens is 170 g/mol. The molecule has 62 valence electrons. The van der Waals surface area contributed by atoms with E-state index in [4.69, 9.17) is 0 Å². The van der Waals surface area contributed by atoms with E-state index < -0.39 is 0 Å². The average molecular weight is 179 g/mol. The van der Waals surface area contributed by atoms with Crippen LogP contribution in [-0.4, -0.2) is 14.8 Å². The Morgan fingerprint density at radius 3 is 3.17 bits per heavy atom. The van der Waals surface area contributed by atoms with Crippen molar-refractivity contribution in [3.05, 3.63) is 35.0 Å². The van der Waals surface area contributed by atoms with Gasteiger partial charge in [0.2, 0.25) is 0 Å². The standard InChI is InChI=1S/C8H9N3S/c1-2-8(12-5-1)3-4-11-7-9-6-10-11/h1-2,5-7H,3-4H2. The molecule has 0 bridgehead atoms. The summed E-state index contributed by atoms with van der Waals surface area (Å²) in [6, 6.07) is 4.21. The van der Waals surface area contributed by atoms with Crippen molar-refractivity contribution < 1.29 is 0 Å². The Labute approximate surface area is 74.7 Å². The largest absolute Gasteiger partial charge is 0.253 e. The second-order valence-corrected chi connectivity index (χ2v) is 3.52. The highest BCUT2D eigenvalue weighted by molar-refractivity contribution is 7.09. The molecule has 0 atom stereocenters. The molecule has 2 rings (SSSR count). The molecule has 0 aliphatic carbocycles. The van der Waals surface area contributed by atoms with E-state index >= 15 is 0 Å². The van der Waals surface area contributed by atoms with Crippen molar-refractivity contribution in [1.29, 1.82) is 0 Å². The first-order chi connectivity index (χ1) is 5.95. The summed E-state index contributed by atoms with van der Waals surface area (Å²) in [6.45, 7) is 0.917. The van der Waals surface area contributed by atoms with Crippen LogP contribution in [-0.2, 0) is 13.0 Å². The smallest absolute Gasteiger partial charge is 0.137 e. The van der Waals surface area contributed by atoms with Crippen LogP contribution < -0.4 is 0 Å². The highest BCUT2D eigenvalue weighted by atomic mass is 32.1. The van der Waals surface area contributed by atoms with E-state index in [1.165, 1.54) is 4.88 Å². The van der Waals surface area contributed by atoms with Crippen molar-refractivity contribution in [3.63, 3.8) is 0 Å². The van der Waals surface area contributed by atoms with Crippen LogP contribution in [0.2, 0.25) is 0 Å². The molecule has 0 fully saturated rings. The molecule has 0 aromatic carbocycles. The lowest BCUT2D eigenvalue weighted by Crippen LogP contribution is -2.00. The van der Waals surface area contributed by atoms with Gasteiger partial charge in [0, 0.05) is 17.8 Å². The summed E-state index contributed by atoms with van der Waals surface area (Å²) < 4.78 is 1.85. The molecule has 0 radical (unpaired) electrons. The van der Waals surface area contributed by atoms with Gasteiger partial charge < -0.3 is 0 Å². The van der Waals surface area contributed by atoms with Gasteiger partial charge in [0.1, 0.15) is 12.7 Å². The molecule has 2 aromatic rings. The third-order valence-electron chi connectivity index (χ3n) is 1.63. The number of thiophene rings is 1. The molecule has 0 N–H and O–H groups in total.